The Labute approximate surface area is 155 Å². The highest BCUT2D eigenvalue weighted by Crippen LogP contribution is 2.40. The van der Waals surface area contributed by atoms with Crippen molar-refractivity contribution in [2.24, 2.45) is 0 Å². The van der Waals surface area contributed by atoms with Crippen molar-refractivity contribution in [3.05, 3.63) is 40.1 Å². The Morgan fingerprint density at radius 3 is 2.24 bits per heavy atom. The van der Waals surface area contributed by atoms with E-state index in [-0.39, 0.29) is 11.3 Å². The third-order valence-corrected chi connectivity index (χ3v) is 6.08. The van der Waals surface area contributed by atoms with Gasteiger partial charge in [-0.1, -0.05) is 13.0 Å². The summed E-state index contributed by atoms with van der Waals surface area (Å²) >= 11 is 1.83. The molecule has 0 saturated heterocycles. The Kier molecular flexibility index (Phi) is 6.73. The molecular formula is C20H29NO3S. The summed E-state index contributed by atoms with van der Waals surface area (Å²) in [6.07, 6.45) is 4.10. The molecule has 0 saturated carbocycles. The van der Waals surface area contributed by atoms with Crippen molar-refractivity contribution in [3.63, 3.8) is 0 Å². The highest BCUT2D eigenvalue weighted by atomic mass is 32.1. The van der Waals surface area contributed by atoms with E-state index in [1.165, 1.54) is 4.88 Å². The number of aryl methyl sites for hydroxylation is 1. The van der Waals surface area contributed by atoms with Crippen LogP contribution in [0.1, 0.15) is 36.6 Å². The molecule has 4 nitrogen and oxygen atoms in total. The molecule has 1 aromatic heterocycles. The minimum atomic E-state index is 0.0588. The molecule has 0 amide bonds. The molecule has 1 N–H and O–H groups in total. The molecular weight excluding hydrogens is 334 g/mol. The van der Waals surface area contributed by atoms with E-state index in [2.05, 4.69) is 43.4 Å². The SMILES string of the molecule is CCC(CCCc1cc(OC)c(O)c(OC)c1)(c1cccs1)N(C)C. The first-order valence-corrected chi connectivity index (χ1v) is 9.51. The first kappa shape index (κ1) is 19.6. The minimum absolute atomic E-state index is 0.0588. The van der Waals surface area contributed by atoms with Crippen LogP contribution >= 0.6 is 11.3 Å². The van der Waals surface area contributed by atoms with E-state index in [0.29, 0.717) is 11.5 Å². The number of methoxy groups -OCH3 is 2. The predicted molar refractivity (Wildman–Crippen MR) is 104 cm³/mol. The molecule has 0 fully saturated rings. The highest BCUT2D eigenvalue weighted by molar-refractivity contribution is 7.10. The van der Waals surface area contributed by atoms with Crippen LogP contribution < -0.4 is 9.47 Å². The fourth-order valence-corrected chi connectivity index (χ4v) is 4.56. The third-order valence-electron chi connectivity index (χ3n) is 5.02. The van der Waals surface area contributed by atoms with Gasteiger partial charge in [0.15, 0.2) is 11.5 Å². The number of hydrogen-bond acceptors (Lipinski definition) is 5. The molecule has 0 aliphatic carbocycles. The van der Waals surface area contributed by atoms with Crippen molar-refractivity contribution in [1.82, 2.24) is 4.90 Å². The number of phenolic OH excluding ortho intramolecular Hbond substituents is 1. The summed E-state index contributed by atoms with van der Waals surface area (Å²) in [5.41, 5.74) is 1.18. The van der Waals surface area contributed by atoms with E-state index >= 15 is 0 Å². The molecule has 1 atom stereocenters. The zero-order valence-electron chi connectivity index (χ0n) is 15.8. The van der Waals surface area contributed by atoms with Gasteiger partial charge < -0.3 is 14.6 Å². The third kappa shape index (κ3) is 4.10. The van der Waals surface area contributed by atoms with Crippen molar-refractivity contribution >= 4 is 11.3 Å². The minimum Gasteiger partial charge on any atom is -0.502 e. The van der Waals surface area contributed by atoms with Gasteiger partial charge in [-0.3, -0.25) is 4.90 Å². The maximum atomic E-state index is 10.0. The summed E-state index contributed by atoms with van der Waals surface area (Å²) in [5.74, 6) is 0.979. The van der Waals surface area contributed by atoms with Crippen LogP contribution in [0, 0.1) is 0 Å². The van der Waals surface area contributed by atoms with Crippen molar-refractivity contribution in [1.29, 1.82) is 0 Å². The van der Waals surface area contributed by atoms with E-state index in [4.69, 9.17) is 9.47 Å². The van der Waals surface area contributed by atoms with Crippen LogP contribution in [0.4, 0.5) is 0 Å². The topological polar surface area (TPSA) is 41.9 Å². The van der Waals surface area contributed by atoms with Crippen LogP contribution in [0.2, 0.25) is 0 Å². The molecule has 138 valence electrons. The quantitative estimate of drug-likeness (QED) is 0.703. The second-order valence-electron chi connectivity index (χ2n) is 6.46. The number of hydrogen-bond donors (Lipinski definition) is 1. The normalized spacial score (nSPS) is 13.7. The summed E-state index contributed by atoms with van der Waals surface area (Å²) in [4.78, 5) is 3.76. The van der Waals surface area contributed by atoms with Crippen LogP contribution in [-0.2, 0) is 12.0 Å². The first-order valence-electron chi connectivity index (χ1n) is 8.63. The first-order chi connectivity index (χ1) is 12.0. The van der Waals surface area contributed by atoms with Gasteiger partial charge in [0.25, 0.3) is 0 Å². The molecule has 0 spiro atoms. The zero-order valence-corrected chi connectivity index (χ0v) is 16.7. The largest absolute Gasteiger partial charge is 0.502 e. The lowest BCUT2D eigenvalue weighted by Gasteiger charge is -2.39. The van der Waals surface area contributed by atoms with Crippen LogP contribution in [0.3, 0.4) is 0 Å². The van der Waals surface area contributed by atoms with E-state index in [1.54, 1.807) is 14.2 Å². The Hall–Kier alpha value is -1.72. The highest BCUT2D eigenvalue weighted by Gasteiger charge is 2.33. The average molecular weight is 364 g/mol. The average Bonchev–Trinajstić information content (AvgIpc) is 3.14. The number of thiophene rings is 1. The Bertz CT molecular complexity index is 645. The summed E-state index contributed by atoms with van der Waals surface area (Å²) in [6.45, 7) is 2.26. The molecule has 5 heteroatoms. The second kappa shape index (κ2) is 8.59. The second-order valence-corrected chi connectivity index (χ2v) is 7.41. The lowest BCUT2D eigenvalue weighted by molar-refractivity contribution is 0.133. The van der Waals surface area contributed by atoms with Gasteiger partial charge in [0, 0.05) is 4.88 Å². The van der Waals surface area contributed by atoms with Gasteiger partial charge in [-0.15, -0.1) is 11.3 Å². The van der Waals surface area contributed by atoms with E-state index in [9.17, 15) is 5.11 Å². The van der Waals surface area contributed by atoms with Gasteiger partial charge in [-0.05, 0) is 68.9 Å². The van der Waals surface area contributed by atoms with Crippen LogP contribution in [0.25, 0.3) is 0 Å². The maximum Gasteiger partial charge on any atom is 0.200 e. The van der Waals surface area contributed by atoms with Crippen molar-refractivity contribution < 1.29 is 14.6 Å². The van der Waals surface area contributed by atoms with Gasteiger partial charge in [0.2, 0.25) is 5.75 Å². The smallest absolute Gasteiger partial charge is 0.200 e. The van der Waals surface area contributed by atoms with E-state index in [0.717, 1.165) is 31.2 Å². The number of nitrogens with zero attached hydrogens (tertiary/aromatic N) is 1. The predicted octanol–water partition coefficient (Wildman–Crippen LogP) is 4.66. The standard InChI is InChI=1S/C20H29NO3S/c1-6-20(21(2)3,18-10-8-12-25-18)11-7-9-15-13-16(23-4)19(22)17(14-15)24-5/h8,10,12-14,22H,6-7,9,11H2,1-5H3. The summed E-state index contributed by atoms with van der Waals surface area (Å²) < 4.78 is 10.5. The number of ether oxygens (including phenoxy) is 2. The number of aromatic hydroxyl groups is 1. The monoisotopic (exact) mass is 363 g/mol. The zero-order chi connectivity index (χ0) is 18.4. The van der Waals surface area contributed by atoms with E-state index in [1.807, 2.05) is 23.5 Å². The van der Waals surface area contributed by atoms with Crippen LogP contribution in [0.5, 0.6) is 17.2 Å². The molecule has 25 heavy (non-hydrogen) atoms. The molecule has 0 aliphatic heterocycles. The molecule has 0 bridgehead atoms. The van der Waals surface area contributed by atoms with E-state index < -0.39 is 0 Å². The van der Waals surface area contributed by atoms with Crippen molar-refractivity contribution in [2.75, 3.05) is 28.3 Å². The molecule has 0 radical (unpaired) electrons. The van der Waals surface area contributed by atoms with Gasteiger partial charge in [-0.2, -0.15) is 0 Å². The lowest BCUT2D eigenvalue weighted by atomic mass is 9.86. The van der Waals surface area contributed by atoms with Gasteiger partial charge in [0.1, 0.15) is 0 Å². The number of phenols is 1. The summed E-state index contributed by atoms with van der Waals surface area (Å²) in [6, 6.07) is 8.16. The van der Waals surface area contributed by atoms with Crippen LogP contribution in [-0.4, -0.2) is 38.3 Å². The molecule has 2 rings (SSSR count). The van der Waals surface area contributed by atoms with Crippen LogP contribution in [0.15, 0.2) is 29.6 Å². The molecule has 1 aromatic carbocycles. The maximum absolute atomic E-state index is 10.0. The molecule has 1 unspecified atom stereocenters. The molecule has 0 aliphatic rings. The fourth-order valence-electron chi connectivity index (χ4n) is 3.45. The van der Waals surface area contributed by atoms with Gasteiger partial charge >= 0.3 is 0 Å². The lowest BCUT2D eigenvalue weighted by Crippen LogP contribution is -2.40. The fraction of sp³-hybridized carbons (Fsp3) is 0.500. The summed E-state index contributed by atoms with van der Waals surface area (Å²) in [5, 5.41) is 12.2. The molecule has 1 heterocycles. The Morgan fingerprint density at radius 2 is 1.80 bits per heavy atom. The summed E-state index contributed by atoms with van der Waals surface area (Å²) in [7, 11) is 7.44. The van der Waals surface area contributed by atoms with Gasteiger partial charge in [-0.25, -0.2) is 0 Å². The molecule has 2 aromatic rings. The Balaban J connectivity index is 2.15. The van der Waals surface area contributed by atoms with Gasteiger partial charge in [0.05, 0.1) is 19.8 Å². The van der Waals surface area contributed by atoms with Crippen molar-refractivity contribution in [2.45, 2.75) is 38.1 Å². The number of benzene rings is 1. The number of rotatable bonds is 9. The van der Waals surface area contributed by atoms with Crippen molar-refractivity contribution in [3.8, 4) is 17.2 Å². The Morgan fingerprint density at radius 1 is 1.16 bits per heavy atom.